The number of hydrogen-bond acceptors (Lipinski definition) is 4. The Kier molecular flexibility index (Phi) is 6.74. The fourth-order valence-electron chi connectivity index (χ4n) is 2.97. The second kappa shape index (κ2) is 9.24. The van der Waals surface area contributed by atoms with Crippen molar-refractivity contribution in [1.29, 1.82) is 0 Å². The van der Waals surface area contributed by atoms with Crippen molar-refractivity contribution in [3.63, 3.8) is 0 Å². The normalized spacial score (nSPS) is 14.1. The van der Waals surface area contributed by atoms with Crippen LogP contribution in [0.2, 0.25) is 0 Å². The van der Waals surface area contributed by atoms with E-state index in [1.54, 1.807) is 11.9 Å². The van der Waals surface area contributed by atoms with Gasteiger partial charge < -0.3 is 19.3 Å². The predicted octanol–water partition coefficient (Wildman–Crippen LogP) is 3.63. The highest BCUT2D eigenvalue weighted by atomic mass is 79.9. The summed E-state index contributed by atoms with van der Waals surface area (Å²) in [6.07, 6.45) is 0. The summed E-state index contributed by atoms with van der Waals surface area (Å²) in [4.78, 5) is 16.4. The van der Waals surface area contributed by atoms with Gasteiger partial charge >= 0.3 is 0 Å². The average Bonchev–Trinajstić information content (AvgIpc) is 2.68. The largest absolute Gasteiger partial charge is 0.483 e. The first-order valence-corrected chi connectivity index (χ1v) is 9.87. The zero-order chi connectivity index (χ0) is 19.2. The van der Waals surface area contributed by atoms with E-state index in [0.29, 0.717) is 12.3 Å². The fraction of sp³-hybridized carbons (Fsp3) is 0.381. The molecule has 5 nitrogen and oxygen atoms in total. The van der Waals surface area contributed by atoms with Crippen molar-refractivity contribution in [3.8, 4) is 5.75 Å². The first-order valence-electron chi connectivity index (χ1n) is 9.07. The number of hydrogen-bond donors (Lipinski definition) is 0. The number of ether oxygens (including phenoxy) is 2. The number of amides is 1. The molecule has 0 spiro atoms. The molecule has 27 heavy (non-hydrogen) atoms. The van der Waals surface area contributed by atoms with Gasteiger partial charge in [-0.25, -0.2) is 0 Å². The smallest absolute Gasteiger partial charge is 0.260 e. The van der Waals surface area contributed by atoms with Crippen LogP contribution in [0.4, 0.5) is 5.69 Å². The molecular weight excluding hydrogens is 408 g/mol. The van der Waals surface area contributed by atoms with Gasteiger partial charge in [-0.2, -0.15) is 0 Å². The van der Waals surface area contributed by atoms with Gasteiger partial charge in [-0.15, -0.1) is 0 Å². The molecule has 2 aromatic rings. The van der Waals surface area contributed by atoms with Crippen molar-refractivity contribution < 1.29 is 14.3 Å². The number of aryl methyl sites for hydroxylation is 1. The van der Waals surface area contributed by atoms with Crippen molar-refractivity contribution >= 4 is 27.5 Å². The summed E-state index contributed by atoms with van der Waals surface area (Å²) in [6, 6.07) is 14.2. The van der Waals surface area contributed by atoms with Crippen LogP contribution in [0.3, 0.4) is 0 Å². The Hall–Kier alpha value is -2.05. The summed E-state index contributed by atoms with van der Waals surface area (Å²) < 4.78 is 11.9. The third-order valence-electron chi connectivity index (χ3n) is 4.60. The van der Waals surface area contributed by atoms with E-state index >= 15 is 0 Å². The molecule has 1 fully saturated rings. The van der Waals surface area contributed by atoms with Crippen LogP contribution in [0.5, 0.6) is 5.75 Å². The summed E-state index contributed by atoms with van der Waals surface area (Å²) in [5.74, 6) is 0.622. The number of carbonyl (C=O) groups excluding carboxylic acids is 1. The SMILES string of the molecule is Cc1ccc(OCC(=O)N(C)Cc2ccc(N3CCOCC3)cc2)c(Br)c1. The van der Waals surface area contributed by atoms with E-state index in [2.05, 4.69) is 45.1 Å². The molecule has 1 aliphatic rings. The minimum Gasteiger partial charge on any atom is -0.483 e. The van der Waals surface area contributed by atoms with Gasteiger partial charge in [0.1, 0.15) is 5.75 Å². The maximum absolute atomic E-state index is 12.4. The first kappa shape index (κ1) is 19.7. The van der Waals surface area contributed by atoms with Crippen molar-refractivity contribution in [2.24, 2.45) is 0 Å². The van der Waals surface area contributed by atoms with Gasteiger partial charge in [0.25, 0.3) is 5.91 Å². The molecule has 1 amide bonds. The molecule has 0 aromatic heterocycles. The molecule has 0 unspecified atom stereocenters. The molecule has 0 radical (unpaired) electrons. The van der Waals surface area contributed by atoms with Crippen LogP contribution in [-0.4, -0.2) is 50.8 Å². The van der Waals surface area contributed by atoms with Crippen LogP contribution in [0.1, 0.15) is 11.1 Å². The van der Waals surface area contributed by atoms with Gasteiger partial charge in [-0.1, -0.05) is 18.2 Å². The monoisotopic (exact) mass is 432 g/mol. The number of morpholine rings is 1. The first-order chi connectivity index (χ1) is 13.0. The summed E-state index contributed by atoms with van der Waals surface area (Å²) in [6.45, 7) is 5.97. The Balaban J connectivity index is 1.51. The van der Waals surface area contributed by atoms with Gasteiger partial charge in [0.2, 0.25) is 0 Å². The lowest BCUT2D eigenvalue weighted by Gasteiger charge is -2.29. The molecule has 1 heterocycles. The quantitative estimate of drug-likeness (QED) is 0.698. The Morgan fingerprint density at radius 2 is 1.89 bits per heavy atom. The van der Waals surface area contributed by atoms with Crippen LogP contribution >= 0.6 is 15.9 Å². The van der Waals surface area contributed by atoms with Crippen LogP contribution in [0.15, 0.2) is 46.9 Å². The lowest BCUT2D eigenvalue weighted by molar-refractivity contribution is -0.132. The van der Waals surface area contributed by atoms with Crippen molar-refractivity contribution in [1.82, 2.24) is 4.90 Å². The standard InChI is InChI=1S/C21H25BrN2O3/c1-16-3-8-20(19(22)13-16)27-15-21(25)23(2)14-17-4-6-18(7-5-17)24-9-11-26-12-10-24/h3-8,13H,9-12,14-15H2,1-2H3. The van der Waals surface area contributed by atoms with E-state index in [-0.39, 0.29) is 12.5 Å². The van der Waals surface area contributed by atoms with E-state index in [9.17, 15) is 4.79 Å². The van der Waals surface area contributed by atoms with E-state index in [0.717, 1.165) is 41.9 Å². The third kappa shape index (κ3) is 5.47. The molecule has 0 N–H and O–H groups in total. The Labute approximate surface area is 169 Å². The third-order valence-corrected chi connectivity index (χ3v) is 5.22. The summed E-state index contributed by atoms with van der Waals surface area (Å²) in [5.41, 5.74) is 3.43. The highest BCUT2D eigenvalue weighted by Gasteiger charge is 2.13. The lowest BCUT2D eigenvalue weighted by atomic mass is 10.1. The molecule has 3 rings (SSSR count). The number of anilines is 1. The number of nitrogens with zero attached hydrogens (tertiary/aromatic N) is 2. The van der Waals surface area contributed by atoms with E-state index in [1.165, 1.54) is 5.69 Å². The second-order valence-electron chi connectivity index (χ2n) is 6.74. The molecule has 0 bridgehead atoms. The van der Waals surface area contributed by atoms with Gasteiger partial charge in [0.15, 0.2) is 6.61 Å². The summed E-state index contributed by atoms with van der Waals surface area (Å²) >= 11 is 3.47. The van der Waals surface area contributed by atoms with E-state index in [4.69, 9.17) is 9.47 Å². The van der Waals surface area contributed by atoms with Crippen LogP contribution < -0.4 is 9.64 Å². The topological polar surface area (TPSA) is 42.0 Å². The van der Waals surface area contributed by atoms with Crippen molar-refractivity contribution in [3.05, 3.63) is 58.1 Å². The lowest BCUT2D eigenvalue weighted by Crippen LogP contribution is -2.36. The highest BCUT2D eigenvalue weighted by molar-refractivity contribution is 9.10. The molecular formula is C21H25BrN2O3. The molecule has 6 heteroatoms. The molecule has 0 aliphatic carbocycles. The zero-order valence-corrected chi connectivity index (χ0v) is 17.4. The van der Waals surface area contributed by atoms with Gasteiger partial charge in [-0.05, 0) is 58.2 Å². The minimum atomic E-state index is -0.0558. The molecule has 2 aromatic carbocycles. The van der Waals surface area contributed by atoms with Crippen LogP contribution in [-0.2, 0) is 16.1 Å². The number of likely N-dealkylation sites (N-methyl/N-ethyl adjacent to an activating group) is 1. The Morgan fingerprint density at radius 1 is 1.19 bits per heavy atom. The van der Waals surface area contributed by atoms with Crippen molar-refractivity contribution in [2.75, 3.05) is 44.9 Å². The molecule has 1 saturated heterocycles. The highest BCUT2D eigenvalue weighted by Crippen LogP contribution is 2.25. The Bertz CT molecular complexity index is 773. The minimum absolute atomic E-state index is 0.0179. The zero-order valence-electron chi connectivity index (χ0n) is 15.8. The Morgan fingerprint density at radius 3 is 2.56 bits per heavy atom. The average molecular weight is 433 g/mol. The summed E-state index contributed by atoms with van der Waals surface area (Å²) in [5, 5.41) is 0. The molecule has 1 aliphatic heterocycles. The van der Waals surface area contributed by atoms with Crippen LogP contribution in [0.25, 0.3) is 0 Å². The van der Waals surface area contributed by atoms with Gasteiger partial charge in [0.05, 0.1) is 17.7 Å². The predicted molar refractivity (Wildman–Crippen MR) is 110 cm³/mol. The number of carbonyl (C=O) groups is 1. The molecule has 144 valence electrons. The number of rotatable bonds is 6. The fourth-order valence-corrected chi connectivity index (χ4v) is 3.58. The van der Waals surface area contributed by atoms with Crippen LogP contribution in [0, 0.1) is 6.92 Å². The maximum Gasteiger partial charge on any atom is 0.260 e. The molecule has 0 saturated carbocycles. The summed E-state index contributed by atoms with van der Waals surface area (Å²) in [7, 11) is 1.80. The number of benzene rings is 2. The number of halogens is 1. The molecule has 0 atom stereocenters. The second-order valence-corrected chi connectivity index (χ2v) is 7.59. The van der Waals surface area contributed by atoms with Gasteiger partial charge in [0, 0.05) is 32.4 Å². The van der Waals surface area contributed by atoms with E-state index < -0.39 is 0 Å². The van der Waals surface area contributed by atoms with Crippen molar-refractivity contribution in [2.45, 2.75) is 13.5 Å². The maximum atomic E-state index is 12.4. The van der Waals surface area contributed by atoms with Gasteiger partial charge in [-0.3, -0.25) is 4.79 Å². The van der Waals surface area contributed by atoms with E-state index in [1.807, 2.05) is 25.1 Å².